The van der Waals surface area contributed by atoms with Gasteiger partial charge in [0.2, 0.25) is 0 Å². The van der Waals surface area contributed by atoms with E-state index in [1.807, 2.05) is 18.0 Å². The first-order chi connectivity index (χ1) is 6.35. The molecule has 1 aliphatic rings. The van der Waals surface area contributed by atoms with Crippen LogP contribution >= 0.6 is 24.4 Å². The SMILES string of the molecule is SCC1(CSc2ncc[nH]2)CCC1. The van der Waals surface area contributed by atoms with E-state index in [9.17, 15) is 0 Å². The molecule has 0 amide bonds. The van der Waals surface area contributed by atoms with Gasteiger partial charge in [-0.15, -0.1) is 0 Å². The fourth-order valence-corrected chi connectivity index (χ4v) is 3.28. The molecule has 0 bridgehead atoms. The summed E-state index contributed by atoms with van der Waals surface area (Å²) < 4.78 is 0. The summed E-state index contributed by atoms with van der Waals surface area (Å²) in [6, 6.07) is 0. The molecular weight excluding hydrogens is 200 g/mol. The molecule has 1 heterocycles. The number of hydrogen-bond donors (Lipinski definition) is 2. The van der Waals surface area contributed by atoms with Crippen LogP contribution in [0.2, 0.25) is 0 Å². The highest BCUT2D eigenvalue weighted by Gasteiger charge is 2.35. The zero-order chi connectivity index (χ0) is 9.15. The molecule has 1 fully saturated rings. The lowest BCUT2D eigenvalue weighted by atomic mass is 9.72. The van der Waals surface area contributed by atoms with Crippen LogP contribution in [-0.2, 0) is 0 Å². The Morgan fingerprint density at radius 3 is 2.92 bits per heavy atom. The van der Waals surface area contributed by atoms with Gasteiger partial charge in [-0.2, -0.15) is 12.6 Å². The van der Waals surface area contributed by atoms with Crippen LogP contribution in [0.15, 0.2) is 17.6 Å². The van der Waals surface area contributed by atoms with Crippen LogP contribution in [0.5, 0.6) is 0 Å². The highest BCUT2D eigenvalue weighted by atomic mass is 32.2. The summed E-state index contributed by atoms with van der Waals surface area (Å²) in [6.45, 7) is 0. The maximum absolute atomic E-state index is 4.42. The van der Waals surface area contributed by atoms with Gasteiger partial charge in [0.25, 0.3) is 0 Å². The molecule has 2 rings (SSSR count). The van der Waals surface area contributed by atoms with E-state index in [4.69, 9.17) is 0 Å². The minimum Gasteiger partial charge on any atom is -0.340 e. The summed E-state index contributed by atoms with van der Waals surface area (Å²) in [5, 5.41) is 1.04. The van der Waals surface area contributed by atoms with Gasteiger partial charge in [-0.1, -0.05) is 18.2 Å². The van der Waals surface area contributed by atoms with Crippen molar-refractivity contribution >= 4 is 24.4 Å². The lowest BCUT2D eigenvalue weighted by Gasteiger charge is -2.40. The summed E-state index contributed by atoms with van der Waals surface area (Å²) in [5.74, 6) is 2.17. The summed E-state index contributed by atoms with van der Waals surface area (Å²) in [4.78, 5) is 7.30. The fourth-order valence-electron chi connectivity index (χ4n) is 1.58. The normalized spacial score (nSPS) is 19.8. The Balaban J connectivity index is 1.84. The van der Waals surface area contributed by atoms with Crippen molar-refractivity contribution in [2.75, 3.05) is 11.5 Å². The summed E-state index contributed by atoms with van der Waals surface area (Å²) in [5.41, 5.74) is 0.501. The Hall–Kier alpha value is -0.0900. The van der Waals surface area contributed by atoms with Crippen LogP contribution in [0.4, 0.5) is 0 Å². The van der Waals surface area contributed by atoms with Crippen LogP contribution in [0.3, 0.4) is 0 Å². The molecule has 1 aliphatic carbocycles. The highest BCUT2D eigenvalue weighted by Crippen LogP contribution is 2.44. The summed E-state index contributed by atoms with van der Waals surface area (Å²) in [6.07, 6.45) is 7.72. The second-order valence-electron chi connectivity index (χ2n) is 3.69. The van der Waals surface area contributed by atoms with Crippen LogP contribution in [-0.4, -0.2) is 21.5 Å². The summed E-state index contributed by atoms with van der Waals surface area (Å²) >= 11 is 6.24. The number of nitrogens with zero attached hydrogens (tertiary/aromatic N) is 1. The third-order valence-corrected chi connectivity index (χ3v) is 4.66. The van der Waals surface area contributed by atoms with E-state index in [-0.39, 0.29) is 0 Å². The van der Waals surface area contributed by atoms with Crippen molar-refractivity contribution in [1.82, 2.24) is 9.97 Å². The van der Waals surface area contributed by atoms with Crippen molar-refractivity contribution in [2.45, 2.75) is 24.4 Å². The van der Waals surface area contributed by atoms with E-state index < -0.39 is 0 Å². The molecular formula is C9H14N2S2. The van der Waals surface area contributed by atoms with Crippen molar-refractivity contribution in [3.8, 4) is 0 Å². The van der Waals surface area contributed by atoms with E-state index in [1.165, 1.54) is 19.3 Å². The first-order valence-corrected chi connectivity index (χ1v) is 6.20. The van der Waals surface area contributed by atoms with Gasteiger partial charge in [0, 0.05) is 18.1 Å². The number of rotatable bonds is 4. The maximum Gasteiger partial charge on any atom is 0.165 e. The zero-order valence-electron chi connectivity index (χ0n) is 7.49. The quantitative estimate of drug-likeness (QED) is 0.596. The van der Waals surface area contributed by atoms with Crippen molar-refractivity contribution in [3.63, 3.8) is 0 Å². The van der Waals surface area contributed by atoms with E-state index in [0.29, 0.717) is 5.41 Å². The molecule has 0 atom stereocenters. The predicted octanol–water partition coefficient (Wildman–Crippen LogP) is 2.60. The van der Waals surface area contributed by atoms with Crippen LogP contribution in [0.1, 0.15) is 19.3 Å². The molecule has 1 saturated carbocycles. The van der Waals surface area contributed by atoms with E-state index in [1.54, 1.807) is 6.20 Å². The standard InChI is InChI=1S/C9H14N2S2/c12-6-9(2-1-3-9)7-13-8-10-4-5-11-8/h4-5,12H,1-3,6-7H2,(H,10,11). The first kappa shape index (κ1) is 9.46. The maximum atomic E-state index is 4.42. The molecule has 0 saturated heterocycles. The minimum absolute atomic E-state index is 0.501. The minimum atomic E-state index is 0.501. The largest absolute Gasteiger partial charge is 0.340 e. The summed E-state index contributed by atoms with van der Waals surface area (Å²) in [7, 11) is 0. The monoisotopic (exact) mass is 214 g/mol. The second-order valence-corrected chi connectivity index (χ2v) is 4.97. The topological polar surface area (TPSA) is 28.7 Å². The number of H-pyrrole nitrogens is 1. The van der Waals surface area contributed by atoms with Crippen molar-refractivity contribution in [1.29, 1.82) is 0 Å². The van der Waals surface area contributed by atoms with Gasteiger partial charge >= 0.3 is 0 Å². The fraction of sp³-hybridized carbons (Fsp3) is 0.667. The van der Waals surface area contributed by atoms with Crippen molar-refractivity contribution < 1.29 is 0 Å². The Morgan fingerprint density at radius 2 is 2.46 bits per heavy atom. The molecule has 0 aromatic carbocycles. The van der Waals surface area contributed by atoms with Gasteiger partial charge in [-0.25, -0.2) is 4.98 Å². The van der Waals surface area contributed by atoms with Gasteiger partial charge in [-0.05, 0) is 24.0 Å². The van der Waals surface area contributed by atoms with Crippen LogP contribution in [0, 0.1) is 5.41 Å². The molecule has 0 aliphatic heterocycles. The molecule has 1 N–H and O–H groups in total. The molecule has 0 unspecified atom stereocenters. The Kier molecular flexibility index (Phi) is 2.89. The third-order valence-electron chi connectivity index (χ3n) is 2.74. The number of hydrogen-bond acceptors (Lipinski definition) is 3. The lowest BCUT2D eigenvalue weighted by Crippen LogP contribution is -2.33. The molecule has 4 heteroatoms. The van der Waals surface area contributed by atoms with Crippen LogP contribution in [0.25, 0.3) is 0 Å². The number of thiol groups is 1. The highest BCUT2D eigenvalue weighted by molar-refractivity contribution is 7.99. The predicted molar refractivity (Wildman–Crippen MR) is 59.4 cm³/mol. The molecule has 72 valence electrons. The first-order valence-electron chi connectivity index (χ1n) is 4.58. The van der Waals surface area contributed by atoms with Crippen molar-refractivity contribution in [3.05, 3.63) is 12.4 Å². The number of thioether (sulfide) groups is 1. The number of aromatic amines is 1. The van der Waals surface area contributed by atoms with E-state index >= 15 is 0 Å². The van der Waals surface area contributed by atoms with Crippen LogP contribution < -0.4 is 0 Å². The number of aromatic nitrogens is 2. The van der Waals surface area contributed by atoms with E-state index in [2.05, 4.69) is 22.6 Å². The van der Waals surface area contributed by atoms with Gasteiger partial charge in [0.05, 0.1) is 0 Å². The molecule has 2 nitrogen and oxygen atoms in total. The van der Waals surface area contributed by atoms with E-state index in [0.717, 1.165) is 16.7 Å². The Labute approximate surface area is 88.3 Å². The van der Waals surface area contributed by atoms with Gasteiger partial charge in [0.1, 0.15) is 0 Å². The zero-order valence-corrected chi connectivity index (χ0v) is 9.20. The van der Waals surface area contributed by atoms with Gasteiger partial charge in [0.15, 0.2) is 5.16 Å². The number of imidazole rings is 1. The average molecular weight is 214 g/mol. The Bertz CT molecular complexity index is 249. The smallest absolute Gasteiger partial charge is 0.165 e. The molecule has 1 aromatic rings. The number of nitrogens with one attached hydrogen (secondary N) is 1. The molecule has 0 spiro atoms. The second kappa shape index (κ2) is 3.96. The van der Waals surface area contributed by atoms with Gasteiger partial charge in [-0.3, -0.25) is 0 Å². The van der Waals surface area contributed by atoms with Gasteiger partial charge < -0.3 is 4.98 Å². The Morgan fingerprint density at radius 1 is 1.62 bits per heavy atom. The van der Waals surface area contributed by atoms with Crippen molar-refractivity contribution in [2.24, 2.45) is 5.41 Å². The molecule has 13 heavy (non-hydrogen) atoms. The average Bonchev–Trinajstić information content (AvgIpc) is 2.56. The lowest BCUT2D eigenvalue weighted by molar-refractivity contribution is 0.205. The third kappa shape index (κ3) is 2.05. The molecule has 0 radical (unpaired) electrons. The molecule has 1 aromatic heterocycles.